The minimum Gasteiger partial charge on any atom is -0.198 e. The summed E-state index contributed by atoms with van der Waals surface area (Å²) in [4.78, 5) is 0.434. The van der Waals surface area contributed by atoms with Crippen molar-refractivity contribution in [3.8, 4) is 6.07 Å². The topological polar surface area (TPSA) is 23.8 Å². The van der Waals surface area contributed by atoms with Gasteiger partial charge in [-0.1, -0.05) is 23.2 Å². The molecule has 0 fully saturated rings. The summed E-state index contributed by atoms with van der Waals surface area (Å²) in [6, 6.07) is 5.74. The summed E-state index contributed by atoms with van der Waals surface area (Å²) in [6.45, 7) is 0. The van der Waals surface area contributed by atoms with Crippen LogP contribution in [0.5, 0.6) is 0 Å². The molecule has 1 aromatic rings. The normalized spacial score (nSPS) is 13.2. The van der Waals surface area contributed by atoms with Gasteiger partial charge < -0.3 is 0 Å². The molecule has 92 valence electrons. The van der Waals surface area contributed by atoms with Crippen LogP contribution in [0.4, 0.5) is 13.2 Å². The second kappa shape index (κ2) is 5.85. The van der Waals surface area contributed by atoms with Crippen LogP contribution in [0.1, 0.15) is 0 Å². The van der Waals surface area contributed by atoms with Crippen LogP contribution in [0.3, 0.4) is 0 Å². The molecule has 1 unspecified atom stereocenters. The smallest absolute Gasteiger partial charge is 0.198 e. The molecular formula is C10H6Cl2F3NS. The van der Waals surface area contributed by atoms with Crippen molar-refractivity contribution < 1.29 is 13.2 Å². The molecule has 0 bridgehead atoms. The maximum Gasteiger partial charge on any atom is 0.405 e. The van der Waals surface area contributed by atoms with Crippen LogP contribution in [0, 0.1) is 17.2 Å². The van der Waals surface area contributed by atoms with Crippen molar-refractivity contribution in [2.24, 2.45) is 5.92 Å². The van der Waals surface area contributed by atoms with Gasteiger partial charge in [-0.25, -0.2) is 0 Å². The molecule has 0 saturated heterocycles. The highest BCUT2D eigenvalue weighted by molar-refractivity contribution is 7.99. The Morgan fingerprint density at radius 2 is 2.00 bits per heavy atom. The van der Waals surface area contributed by atoms with Gasteiger partial charge in [0.2, 0.25) is 0 Å². The fourth-order valence-electron chi connectivity index (χ4n) is 0.966. The van der Waals surface area contributed by atoms with Gasteiger partial charge in [0, 0.05) is 15.7 Å². The predicted molar refractivity (Wildman–Crippen MR) is 62.3 cm³/mol. The molecule has 0 aromatic heterocycles. The molecule has 0 aliphatic rings. The summed E-state index contributed by atoms with van der Waals surface area (Å²) in [6.07, 6.45) is -4.52. The Balaban J connectivity index is 2.73. The standard InChI is InChI=1S/C10H6Cl2F3NS/c11-7-1-2-8(12)9(3-7)17-5-6(4-16)10(13,14)15/h1-3,6H,5H2. The number of halogens is 5. The number of nitriles is 1. The van der Waals surface area contributed by atoms with E-state index in [1.165, 1.54) is 18.2 Å². The molecule has 0 aliphatic heterocycles. The molecule has 17 heavy (non-hydrogen) atoms. The van der Waals surface area contributed by atoms with Crippen molar-refractivity contribution >= 4 is 35.0 Å². The Kier molecular flexibility index (Phi) is 4.99. The number of hydrogen-bond acceptors (Lipinski definition) is 2. The number of benzene rings is 1. The molecular weight excluding hydrogens is 294 g/mol. The zero-order valence-corrected chi connectivity index (χ0v) is 10.6. The lowest BCUT2D eigenvalue weighted by Crippen LogP contribution is -2.23. The summed E-state index contributed by atoms with van der Waals surface area (Å²) in [5.74, 6) is -2.41. The quantitative estimate of drug-likeness (QED) is 0.749. The fourth-order valence-corrected chi connectivity index (χ4v) is 2.51. The average Bonchev–Trinajstić information content (AvgIpc) is 2.22. The van der Waals surface area contributed by atoms with Gasteiger partial charge in [0.1, 0.15) is 0 Å². The van der Waals surface area contributed by atoms with Gasteiger partial charge in [-0.05, 0) is 18.2 Å². The molecule has 7 heteroatoms. The van der Waals surface area contributed by atoms with E-state index in [9.17, 15) is 13.2 Å². The first-order valence-corrected chi connectivity index (χ1v) is 6.13. The van der Waals surface area contributed by atoms with Gasteiger partial charge in [0.25, 0.3) is 0 Å². The van der Waals surface area contributed by atoms with E-state index in [0.29, 0.717) is 14.9 Å². The van der Waals surface area contributed by atoms with Crippen LogP contribution in [0.15, 0.2) is 23.1 Å². The molecule has 1 atom stereocenters. The summed E-state index contributed by atoms with van der Waals surface area (Å²) in [7, 11) is 0. The van der Waals surface area contributed by atoms with Gasteiger partial charge in [0.15, 0.2) is 5.92 Å². The molecule has 1 rings (SSSR count). The first-order chi connectivity index (χ1) is 7.84. The lowest BCUT2D eigenvalue weighted by molar-refractivity contribution is -0.152. The Hall–Kier alpha value is -0.570. The maximum atomic E-state index is 12.3. The van der Waals surface area contributed by atoms with E-state index in [1.807, 2.05) is 0 Å². The fraction of sp³-hybridized carbons (Fsp3) is 0.300. The Morgan fingerprint density at radius 1 is 1.35 bits per heavy atom. The van der Waals surface area contributed by atoms with E-state index < -0.39 is 17.8 Å². The summed E-state index contributed by atoms with van der Waals surface area (Å²) in [5.41, 5.74) is 0. The van der Waals surface area contributed by atoms with Crippen molar-refractivity contribution in [3.05, 3.63) is 28.2 Å². The van der Waals surface area contributed by atoms with Gasteiger partial charge >= 0.3 is 6.18 Å². The third-order valence-electron chi connectivity index (χ3n) is 1.85. The zero-order chi connectivity index (χ0) is 13.1. The molecule has 1 aromatic carbocycles. The van der Waals surface area contributed by atoms with Gasteiger partial charge in [-0.2, -0.15) is 18.4 Å². The number of hydrogen-bond donors (Lipinski definition) is 0. The minimum absolute atomic E-state index is 0.318. The number of rotatable bonds is 3. The second-order valence-electron chi connectivity index (χ2n) is 3.11. The number of alkyl halides is 3. The van der Waals surface area contributed by atoms with Crippen LogP contribution < -0.4 is 0 Å². The molecule has 0 spiro atoms. The summed E-state index contributed by atoms with van der Waals surface area (Å²) >= 11 is 12.4. The lowest BCUT2D eigenvalue weighted by atomic mass is 10.2. The van der Waals surface area contributed by atoms with Gasteiger partial charge in [-0.3, -0.25) is 0 Å². The van der Waals surface area contributed by atoms with Crippen LogP contribution >= 0.6 is 35.0 Å². The van der Waals surface area contributed by atoms with Crippen molar-refractivity contribution in [2.75, 3.05) is 5.75 Å². The van der Waals surface area contributed by atoms with Crippen LogP contribution in [-0.4, -0.2) is 11.9 Å². The molecule has 0 N–H and O–H groups in total. The van der Waals surface area contributed by atoms with Crippen LogP contribution in [-0.2, 0) is 0 Å². The minimum atomic E-state index is -4.52. The third-order valence-corrected chi connectivity index (χ3v) is 3.68. The second-order valence-corrected chi connectivity index (χ2v) is 5.01. The van der Waals surface area contributed by atoms with Crippen molar-refractivity contribution in [1.82, 2.24) is 0 Å². The first-order valence-electron chi connectivity index (χ1n) is 4.38. The summed E-state index contributed by atoms with van der Waals surface area (Å²) < 4.78 is 36.9. The van der Waals surface area contributed by atoms with Crippen LogP contribution in [0.2, 0.25) is 10.0 Å². The van der Waals surface area contributed by atoms with Gasteiger partial charge in [-0.15, -0.1) is 11.8 Å². The molecule has 0 saturated carbocycles. The predicted octanol–water partition coefficient (Wildman–Crippen LogP) is 4.79. The molecule has 0 amide bonds. The zero-order valence-electron chi connectivity index (χ0n) is 8.26. The molecule has 0 aliphatic carbocycles. The molecule has 0 heterocycles. The average molecular weight is 300 g/mol. The monoisotopic (exact) mass is 299 g/mol. The Morgan fingerprint density at radius 3 is 2.53 bits per heavy atom. The maximum absolute atomic E-state index is 12.3. The van der Waals surface area contributed by atoms with E-state index in [-0.39, 0.29) is 0 Å². The highest BCUT2D eigenvalue weighted by atomic mass is 35.5. The van der Waals surface area contributed by atoms with Crippen LogP contribution in [0.25, 0.3) is 0 Å². The lowest BCUT2D eigenvalue weighted by Gasteiger charge is -2.13. The number of thioether (sulfide) groups is 1. The van der Waals surface area contributed by atoms with E-state index >= 15 is 0 Å². The summed E-state index contributed by atoms with van der Waals surface area (Å²) in [5, 5.41) is 9.13. The highest BCUT2D eigenvalue weighted by Crippen LogP contribution is 2.35. The Labute approximate surface area is 111 Å². The molecule has 1 nitrogen and oxygen atoms in total. The number of nitrogens with zero attached hydrogens (tertiary/aromatic N) is 1. The largest absolute Gasteiger partial charge is 0.405 e. The highest BCUT2D eigenvalue weighted by Gasteiger charge is 2.39. The van der Waals surface area contributed by atoms with E-state index in [2.05, 4.69) is 0 Å². The van der Waals surface area contributed by atoms with Gasteiger partial charge in [0.05, 0.1) is 11.1 Å². The molecule has 0 radical (unpaired) electrons. The van der Waals surface area contributed by atoms with Crippen molar-refractivity contribution in [2.45, 2.75) is 11.1 Å². The Bertz CT molecular complexity index is 442. The first kappa shape index (κ1) is 14.5. The van der Waals surface area contributed by atoms with Crippen molar-refractivity contribution in [1.29, 1.82) is 5.26 Å². The van der Waals surface area contributed by atoms with E-state index in [1.54, 1.807) is 6.07 Å². The SMILES string of the molecule is N#CC(CSc1cc(Cl)ccc1Cl)C(F)(F)F. The van der Waals surface area contributed by atoms with Crippen molar-refractivity contribution in [3.63, 3.8) is 0 Å². The third kappa shape index (κ3) is 4.30. The van der Waals surface area contributed by atoms with E-state index in [0.717, 1.165) is 11.8 Å². The van der Waals surface area contributed by atoms with E-state index in [4.69, 9.17) is 28.5 Å².